The number of anilines is 1. The molecule has 0 saturated heterocycles. The van der Waals surface area contributed by atoms with Gasteiger partial charge in [0.25, 0.3) is 0 Å². The van der Waals surface area contributed by atoms with Gasteiger partial charge in [0.05, 0.1) is 12.2 Å². The van der Waals surface area contributed by atoms with Gasteiger partial charge in [0.15, 0.2) is 0 Å². The Kier molecular flexibility index (Phi) is 3.70. The van der Waals surface area contributed by atoms with Crippen molar-refractivity contribution >= 4 is 17.7 Å². The van der Waals surface area contributed by atoms with Crippen molar-refractivity contribution in [1.82, 2.24) is 0 Å². The van der Waals surface area contributed by atoms with E-state index >= 15 is 0 Å². The lowest BCUT2D eigenvalue weighted by Crippen LogP contribution is -2.47. The van der Waals surface area contributed by atoms with E-state index in [2.05, 4.69) is 6.58 Å². The van der Waals surface area contributed by atoms with Crippen LogP contribution in [0.4, 0.5) is 10.5 Å². The van der Waals surface area contributed by atoms with Gasteiger partial charge in [0.2, 0.25) is 6.10 Å². The second kappa shape index (κ2) is 5.43. The largest absolute Gasteiger partial charge is 0.478 e. The fourth-order valence-corrected chi connectivity index (χ4v) is 1.74. The maximum atomic E-state index is 11.9. The summed E-state index contributed by atoms with van der Waals surface area (Å²) in [7, 11) is 0. The van der Waals surface area contributed by atoms with Crippen LogP contribution >= 0.6 is 0 Å². The van der Waals surface area contributed by atoms with Gasteiger partial charge in [0, 0.05) is 0 Å². The van der Waals surface area contributed by atoms with E-state index < -0.39 is 18.2 Å². The Morgan fingerprint density at radius 2 is 2.26 bits per heavy atom. The van der Waals surface area contributed by atoms with E-state index in [9.17, 15) is 9.59 Å². The van der Waals surface area contributed by atoms with Crippen LogP contribution in [0.15, 0.2) is 36.9 Å². The van der Waals surface area contributed by atoms with Crippen LogP contribution in [0, 0.1) is 0 Å². The predicted molar refractivity (Wildman–Crippen MR) is 67.4 cm³/mol. The lowest BCUT2D eigenvalue weighted by atomic mass is 10.2. The maximum Gasteiger partial charge on any atom is 0.414 e. The van der Waals surface area contributed by atoms with Crippen LogP contribution in [0.1, 0.15) is 0 Å². The standard InChI is InChI=1S/C13H13NO5/c1-2-7-18-13(17)14-8-11(12(15)16)19-10-6-4-3-5-9(10)14/h2-6,11H,1,7-8H2,(H,15,16). The number of rotatable bonds is 3. The second-order valence-electron chi connectivity index (χ2n) is 3.89. The maximum absolute atomic E-state index is 11.9. The van der Waals surface area contributed by atoms with Gasteiger partial charge in [-0.25, -0.2) is 9.59 Å². The third-order valence-corrected chi connectivity index (χ3v) is 2.59. The van der Waals surface area contributed by atoms with Crippen LogP contribution in [-0.2, 0) is 9.53 Å². The third-order valence-electron chi connectivity index (χ3n) is 2.59. The van der Waals surface area contributed by atoms with Gasteiger partial charge < -0.3 is 14.6 Å². The number of hydrogen-bond donors (Lipinski definition) is 1. The van der Waals surface area contributed by atoms with Crippen LogP contribution in [0.5, 0.6) is 5.75 Å². The summed E-state index contributed by atoms with van der Waals surface area (Å²) in [6, 6.07) is 6.72. The minimum Gasteiger partial charge on any atom is -0.478 e. The summed E-state index contributed by atoms with van der Waals surface area (Å²) in [6.45, 7) is 3.42. The molecule has 0 aliphatic carbocycles. The number of benzene rings is 1. The molecular weight excluding hydrogens is 250 g/mol. The number of para-hydroxylation sites is 2. The van der Waals surface area contributed by atoms with E-state index in [-0.39, 0.29) is 13.2 Å². The Morgan fingerprint density at radius 1 is 1.53 bits per heavy atom. The molecule has 1 aromatic carbocycles. The predicted octanol–water partition coefficient (Wildman–Crippen LogP) is 1.66. The van der Waals surface area contributed by atoms with Gasteiger partial charge in [0.1, 0.15) is 12.4 Å². The Morgan fingerprint density at radius 3 is 2.95 bits per heavy atom. The number of carboxylic acids is 1. The van der Waals surface area contributed by atoms with Crippen LogP contribution in [0.25, 0.3) is 0 Å². The Balaban J connectivity index is 2.28. The average Bonchev–Trinajstić information content (AvgIpc) is 2.43. The number of ether oxygens (including phenoxy) is 2. The fourth-order valence-electron chi connectivity index (χ4n) is 1.74. The number of carbonyl (C=O) groups is 2. The smallest absolute Gasteiger partial charge is 0.414 e. The molecule has 1 N–H and O–H groups in total. The Hall–Kier alpha value is -2.50. The van der Waals surface area contributed by atoms with Gasteiger partial charge in [-0.05, 0) is 12.1 Å². The highest BCUT2D eigenvalue weighted by molar-refractivity contribution is 5.92. The first-order valence-electron chi connectivity index (χ1n) is 5.67. The molecule has 0 radical (unpaired) electrons. The topological polar surface area (TPSA) is 76.1 Å². The summed E-state index contributed by atoms with van der Waals surface area (Å²) in [6.07, 6.45) is -0.285. The summed E-state index contributed by atoms with van der Waals surface area (Å²) in [4.78, 5) is 24.2. The van der Waals surface area contributed by atoms with E-state index in [1.54, 1.807) is 24.3 Å². The number of hydrogen-bond acceptors (Lipinski definition) is 4. The van der Waals surface area contributed by atoms with Crippen molar-refractivity contribution < 1.29 is 24.2 Å². The molecular formula is C13H13NO5. The molecule has 19 heavy (non-hydrogen) atoms. The molecule has 1 heterocycles. The summed E-state index contributed by atoms with van der Waals surface area (Å²) in [5.74, 6) is -0.785. The molecule has 0 fully saturated rings. The van der Waals surface area contributed by atoms with Crippen molar-refractivity contribution in [3.8, 4) is 5.75 Å². The van der Waals surface area contributed by atoms with E-state index in [0.717, 1.165) is 0 Å². The highest BCUT2D eigenvalue weighted by Crippen LogP contribution is 2.33. The number of carboxylic acid groups (broad SMARTS) is 1. The molecule has 1 amide bonds. The summed E-state index contributed by atoms with van der Waals surface area (Å²) in [5.41, 5.74) is 0.495. The number of fused-ring (bicyclic) bond motifs is 1. The van der Waals surface area contributed by atoms with Gasteiger partial charge in [-0.2, -0.15) is 0 Å². The molecule has 0 aromatic heterocycles. The molecule has 1 aliphatic heterocycles. The molecule has 2 rings (SSSR count). The minimum atomic E-state index is -1.13. The number of amides is 1. The quantitative estimate of drug-likeness (QED) is 0.839. The zero-order valence-electron chi connectivity index (χ0n) is 10.1. The van der Waals surface area contributed by atoms with Crippen molar-refractivity contribution in [2.75, 3.05) is 18.1 Å². The number of carbonyl (C=O) groups excluding carboxylic acids is 1. The van der Waals surface area contributed by atoms with E-state index in [4.69, 9.17) is 14.6 Å². The lowest BCUT2D eigenvalue weighted by molar-refractivity contribution is -0.144. The molecule has 0 bridgehead atoms. The van der Waals surface area contributed by atoms with E-state index in [0.29, 0.717) is 11.4 Å². The van der Waals surface area contributed by atoms with E-state index in [1.807, 2.05) is 0 Å². The van der Waals surface area contributed by atoms with Gasteiger partial charge in [-0.1, -0.05) is 24.8 Å². The van der Waals surface area contributed by atoms with Crippen molar-refractivity contribution in [1.29, 1.82) is 0 Å². The third kappa shape index (κ3) is 2.67. The van der Waals surface area contributed by atoms with Crippen molar-refractivity contribution in [2.24, 2.45) is 0 Å². The highest BCUT2D eigenvalue weighted by atomic mass is 16.6. The van der Waals surface area contributed by atoms with Crippen LogP contribution in [-0.4, -0.2) is 36.4 Å². The normalized spacial score (nSPS) is 17.1. The zero-order chi connectivity index (χ0) is 13.8. The second-order valence-corrected chi connectivity index (χ2v) is 3.89. The van der Waals surface area contributed by atoms with Crippen molar-refractivity contribution in [2.45, 2.75) is 6.10 Å². The van der Waals surface area contributed by atoms with Crippen molar-refractivity contribution in [3.05, 3.63) is 36.9 Å². The first-order chi connectivity index (χ1) is 9.13. The molecule has 0 spiro atoms. The fraction of sp³-hybridized carbons (Fsp3) is 0.231. The molecule has 100 valence electrons. The Labute approximate surface area is 109 Å². The molecule has 6 nitrogen and oxygen atoms in total. The summed E-state index contributed by atoms with van der Waals surface area (Å²) in [5, 5.41) is 9.02. The number of nitrogens with zero attached hydrogens (tertiary/aromatic N) is 1. The first-order valence-corrected chi connectivity index (χ1v) is 5.67. The van der Waals surface area contributed by atoms with Gasteiger partial charge in [-0.15, -0.1) is 0 Å². The summed E-state index contributed by atoms with van der Waals surface area (Å²) >= 11 is 0. The van der Waals surface area contributed by atoms with Gasteiger partial charge in [-0.3, -0.25) is 4.90 Å². The van der Waals surface area contributed by atoms with Crippen molar-refractivity contribution in [3.63, 3.8) is 0 Å². The van der Waals surface area contributed by atoms with Gasteiger partial charge >= 0.3 is 12.1 Å². The molecule has 0 saturated carbocycles. The molecule has 1 aromatic rings. The monoisotopic (exact) mass is 263 g/mol. The highest BCUT2D eigenvalue weighted by Gasteiger charge is 2.34. The molecule has 1 unspecified atom stereocenters. The van der Waals surface area contributed by atoms with E-state index in [1.165, 1.54) is 11.0 Å². The average molecular weight is 263 g/mol. The number of aliphatic carboxylic acids is 1. The minimum absolute atomic E-state index is 0.0656. The summed E-state index contributed by atoms with van der Waals surface area (Å²) < 4.78 is 10.2. The molecule has 1 atom stereocenters. The Bertz CT molecular complexity index is 514. The molecule has 1 aliphatic rings. The van der Waals surface area contributed by atoms with Crippen LogP contribution in [0.3, 0.4) is 0 Å². The van der Waals surface area contributed by atoms with Crippen LogP contribution < -0.4 is 9.64 Å². The van der Waals surface area contributed by atoms with Crippen LogP contribution in [0.2, 0.25) is 0 Å². The first kappa shape index (κ1) is 12.9. The zero-order valence-corrected chi connectivity index (χ0v) is 10.1. The molecule has 6 heteroatoms. The SMILES string of the molecule is C=CCOC(=O)N1CC(C(=O)O)Oc2ccccc21. The lowest BCUT2D eigenvalue weighted by Gasteiger charge is -2.32.